The Morgan fingerprint density at radius 2 is 2.38 bits per heavy atom. The van der Waals surface area contributed by atoms with E-state index < -0.39 is 0 Å². The van der Waals surface area contributed by atoms with Crippen LogP contribution in [0, 0.1) is 0 Å². The van der Waals surface area contributed by atoms with Gasteiger partial charge in [-0.25, -0.2) is 4.98 Å². The van der Waals surface area contributed by atoms with E-state index in [1.165, 1.54) is 11.3 Å². The first-order valence-corrected chi connectivity index (χ1v) is 8.14. The summed E-state index contributed by atoms with van der Waals surface area (Å²) in [4.78, 5) is 18.9. The fourth-order valence-electron chi connectivity index (χ4n) is 2.42. The molecule has 1 aromatic carbocycles. The van der Waals surface area contributed by atoms with Crippen LogP contribution in [0.1, 0.15) is 17.4 Å². The van der Waals surface area contributed by atoms with Crippen molar-refractivity contribution in [2.24, 2.45) is 0 Å². The van der Waals surface area contributed by atoms with Crippen molar-refractivity contribution < 1.29 is 4.79 Å². The van der Waals surface area contributed by atoms with E-state index in [2.05, 4.69) is 10.3 Å². The van der Waals surface area contributed by atoms with Crippen LogP contribution in [0.2, 0.25) is 5.02 Å². The third-order valence-electron chi connectivity index (χ3n) is 3.56. The molecule has 2 aromatic rings. The maximum absolute atomic E-state index is 12.5. The van der Waals surface area contributed by atoms with Crippen molar-refractivity contribution in [2.45, 2.75) is 13.0 Å². The first-order valence-electron chi connectivity index (χ1n) is 6.88. The Morgan fingerprint density at radius 1 is 1.52 bits per heavy atom. The van der Waals surface area contributed by atoms with E-state index in [4.69, 9.17) is 11.6 Å². The largest absolute Gasteiger partial charge is 0.332 e. The summed E-state index contributed by atoms with van der Waals surface area (Å²) < 4.78 is 0. The lowest BCUT2D eigenvalue weighted by Crippen LogP contribution is -2.52. The van der Waals surface area contributed by atoms with Crippen molar-refractivity contribution >= 4 is 28.8 Å². The van der Waals surface area contributed by atoms with Crippen LogP contribution in [-0.4, -0.2) is 41.5 Å². The summed E-state index contributed by atoms with van der Waals surface area (Å²) in [6.07, 6.45) is 0. The van der Waals surface area contributed by atoms with Gasteiger partial charge >= 0.3 is 0 Å². The number of nitrogens with one attached hydrogen (secondary N) is 1. The van der Waals surface area contributed by atoms with E-state index in [-0.39, 0.29) is 11.9 Å². The van der Waals surface area contributed by atoms with Gasteiger partial charge in [0.05, 0.1) is 0 Å². The average Bonchev–Trinajstić information content (AvgIpc) is 2.97. The highest BCUT2D eigenvalue weighted by Crippen LogP contribution is 2.26. The van der Waals surface area contributed by atoms with Crippen LogP contribution in [0.15, 0.2) is 29.6 Å². The highest BCUT2D eigenvalue weighted by molar-refractivity contribution is 7.13. The number of piperazine rings is 1. The summed E-state index contributed by atoms with van der Waals surface area (Å²) in [5.74, 6) is 0.00790. The zero-order valence-corrected chi connectivity index (χ0v) is 13.2. The Labute approximate surface area is 132 Å². The van der Waals surface area contributed by atoms with Crippen LogP contribution in [0.5, 0.6) is 0 Å². The molecule has 4 nitrogen and oxygen atoms in total. The second kappa shape index (κ2) is 6.13. The topological polar surface area (TPSA) is 45.2 Å². The highest BCUT2D eigenvalue weighted by atomic mass is 35.5. The lowest BCUT2D eigenvalue weighted by Gasteiger charge is -2.33. The van der Waals surface area contributed by atoms with Gasteiger partial charge in [0.15, 0.2) is 0 Å². The zero-order chi connectivity index (χ0) is 14.8. The molecule has 0 bridgehead atoms. The number of thiazole rings is 1. The quantitative estimate of drug-likeness (QED) is 0.925. The van der Waals surface area contributed by atoms with E-state index in [0.29, 0.717) is 10.7 Å². The number of hydrogen-bond donors (Lipinski definition) is 1. The molecular formula is C15H16ClN3OS. The molecule has 1 fully saturated rings. The van der Waals surface area contributed by atoms with Gasteiger partial charge in [0.2, 0.25) is 0 Å². The Morgan fingerprint density at radius 3 is 3.14 bits per heavy atom. The first-order chi connectivity index (χ1) is 10.1. The average molecular weight is 322 g/mol. The van der Waals surface area contributed by atoms with Gasteiger partial charge in [-0.1, -0.05) is 23.7 Å². The number of rotatable bonds is 2. The number of benzene rings is 1. The molecule has 0 radical (unpaired) electrons. The van der Waals surface area contributed by atoms with Gasteiger partial charge < -0.3 is 10.2 Å². The summed E-state index contributed by atoms with van der Waals surface area (Å²) in [7, 11) is 0. The molecule has 1 aliphatic heterocycles. The van der Waals surface area contributed by atoms with E-state index in [1.807, 2.05) is 41.5 Å². The van der Waals surface area contributed by atoms with Gasteiger partial charge in [-0.05, 0) is 19.1 Å². The minimum Gasteiger partial charge on any atom is -0.332 e. The van der Waals surface area contributed by atoms with Crippen LogP contribution in [0.25, 0.3) is 10.6 Å². The van der Waals surface area contributed by atoms with Crippen LogP contribution in [0.4, 0.5) is 0 Å². The van der Waals surface area contributed by atoms with Crippen molar-refractivity contribution in [3.05, 3.63) is 40.4 Å². The standard InChI is InChI=1S/C15H16ClN3OS/c1-10-8-17-5-6-19(10)15(20)13-9-21-14(18-13)11-3-2-4-12(16)7-11/h2-4,7,9-10,17H,5-6,8H2,1H3/t10-/m0/s1. The predicted molar refractivity (Wildman–Crippen MR) is 85.9 cm³/mol. The molecule has 1 saturated heterocycles. The van der Waals surface area contributed by atoms with Crippen LogP contribution in [-0.2, 0) is 0 Å². The fraction of sp³-hybridized carbons (Fsp3) is 0.333. The first kappa shape index (κ1) is 14.5. The summed E-state index contributed by atoms with van der Waals surface area (Å²) in [5, 5.41) is 6.60. The molecule has 1 aliphatic rings. The third-order valence-corrected chi connectivity index (χ3v) is 4.68. The molecule has 6 heteroatoms. The van der Waals surface area contributed by atoms with Crippen molar-refractivity contribution in [2.75, 3.05) is 19.6 Å². The minimum absolute atomic E-state index is 0.00790. The smallest absolute Gasteiger partial charge is 0.273 e. The molecule has 0 spiro atoms. The van der Waals surface area contributed by atoms with Crippen molar-refractivity contribution in [1.29, 1.82) is 0 Å². The normalized spacial score (nSPS) is 18.8. The van der Waals surface area contributed by atoms with Gasteiger partial charge in [0, 0.05) is 41.6 Å². The molecule has 1 N–H and O–H groups in total. The van der Waals surface area contributed by atoms with Gasteiger partial charge in [-0.2, -0.15) is 0 Å². The van der Waals surface area contributed by atoms with E-state index in [1.54, 1.807) is 0 Å². The lowest BCUT2D eigenvalue weighted by atomic mass is 10.2. The number of carbonyl (C=O) groups excluding carboxylic acids is 1. The molecule has 0 unspecified atom stereocenters. The molecule has 2 heterocycles. The Bertz CT molecular complexity index is 658. The van der Waals surface area contributed by atoms with E-state index in [9.17, 15) is 4.79 Å². The summed E-state index contributed by atoms with van der Waals surface area (Å²) >= 11 is 7.47. The van der Waals surface area contributed by atoms with Crippen LogP contribution < -0.4 is 5.32 Å². The SMILES string of the molecule is C[C@H]1CNCCN1C(=O)c1csc(-c2cccc(Cl)c2)n1. The molecule has 1 aromatic heterocycles. The lowest BCUT2D eigenvalue weighted by molar-refractivity contribution is 0.0650. The third kappa shape index (κ3) is 3.10. The Kier molecular flexibility index (Phi) is 4.24. The van der Waals surface area contributed by atoms with Gasteiger partial charge in [-0.3, -0.25) is 4.79 Å². The molecule has 3 rings (SSSR count). The Hall–Kier alpha value is -1.43. The van der Waals surface area contributed by atoms with Crippen molar-refractivity contribution in [3.63, 3.8) is 0 Å². The van der Waals surface area contributed by atoms with Crippen molar-refractivity contribution in [1.82, 2.24) is 15.2 Å². The molecule has 110 valence electrons. The van der Waals surface area contributed by atoms with Crippen LogP contribution in [0.3, 0.4) is 0 Å². The number of amides is 1. The second-order valence-corrected chi connectivity index (χ2v) is 6.39. The molecule has 0 saturated carbocycles. The number of nitrogens with zero attached hydrogens (tertiary/aromatic N) is 2. The summed E-state index contributed by atoms with van der Waals surface area (Å²) in [5.41, 5.74) is 1.46. The number of carbonyl (C=O) groups is 1. The second-order valence-electron chi connectivity index (χ2n) is 5.10. The fourth-order valence-corrected chi connectivity index (χ4v) is 3.40. The summed E-state index contributed by atoms with van der Waals surface area (Å²) in [6, 6.07) is 7.73. The molecular weight excluding hydrogens is 306 g/mol. The molecule has 21 heavy (non-hydrogen) atoms. The number of aromatic nitrogens is 1. The van der Waals surface area contributed by atoms with Crippen molar-refractivity contribution in [3.8, 4) is 10.6 Å². The maximum atomic E-state index is 12.5. The Balaban J connectivity index is 1.83. The van der Waals surface area contributed by atoms with E-state index in [0.717, 1.165) is 30.2 Å². The molecule has 1 amide bonds. The van der Waals surface area contributed by atoms with Crippen LogP contribution >= 0.6 is 22.9 Å². The van der Waals surface area contributed by atoms with Gasteiger partial charge in [0.25, 0.3) is 5.91 Å². The zero-order valence-electron chi connectivity index (χ0n) is 11.7. The predicted octanol–water partition coefficient (Wildman–Crippen LogP) is 2.90. The molecule has 0 aliphatic carbocycles. The minimum atomic E-state index is 0.00790. The maximum Gasteiger partial charge on any atom is 0.273 e. The number of halogens is 1. The van der Waals surface area contributed by atoms with Gasteiger partial charge in [-0.15, -0.1) is 11.3 Å². The summed E-state index contributed by atoms with van der Waals surface area (Å²) in [6.45, 7) is 4.44. The van der Waals surface area contributed by atoms with Gasteiger partial charge in [0.1, 0.15) is 10.7 Å². The highest BCUT2D eigenvalue weighted by Gasteiger charge is 2.25. The molecule has 1 atom stereocenters. The monoisotopic (exact) mass is 321 g/mol. The van der Waals surface area contributed by atoms with E-state index >= 15 is 0 Å². The number of hydrogen-bond acceptors (Lipinski definition) is 4.